The van der Waals surface area contributed by atoms with E-state index >= 15 is 0 Å². The number of pyridine rings is 2. The average molecular weight is 709 g/mol. The van der Waals surface area contributed by atoms with Crippen LogP contribution >= 0.6 is 0 Å². The molecular weight excluding hydrogens is 659 g/mol. The maximum absolute atomic E-state index is 14.9. The first-order valence-corrected chi connectivity index (χ1v) is 18.9. The number of piperidine rings is 2. The molecule has 4 fully saturated rings. The smallest absolute Gasteiger partial charge is 0.248 e. The van der Waals surface area contributed by atoms with Crippen LogP contribution in [0.3, 0.4) is 0 Å². The highest BCUT2D eigenvalue weighted by Gasteiger charge is 2.44. The topological polar surface area (TPSA) is 120 Å². The number of hydrogen-bond donors (Lipinski definition) is 2. The van der Waals surface area contributed by atoms with Gasteiger partial charge in [-0.15, -0.1) is 0 Å². The van der Waals surface area contributed by atoms with Crippen molar-refractivity contribution in [1.82, 2.24) is 29.3 Å². The summed E-state index contributed by atoms with van der Waals surface area (Å²) >= 11 is 0. The number of anilines is 3. The molecule has 3 aromatic heterocycles. The minimum atomic E-state index is -0.492. The number of hydrogen-bond acceptors (Lipinski definition) is 8. The van der Waals surface area contributed by atoms with Crippen LogP contribution in [0.4, 0.5) is 21.6 Å². The molecule has 4 aliphatic rings. The number of aromatic nitrogens is 4. The lowest BCUT2D eigenvalue weighted by atomic mass is 9.72. The van der Waals surface area contributed by atoms with Crippen molar-refractivity contribution in [2.24, 2.45) is 11.8 Å². The quantitative estimate of drug-likeness (QED) is 0.191. The van der Waals surface area contributed by atoms with Gasteiger partial charge in [0.1, 0.15) is 12.1 Å². The second-order valence-corrected chi connectivity index (χ2v) is 16.1. The molecule has 8 rings (SSSR count). The van der Waals surface area contributed by atoms with Crippen LogP contribution in [0.25, 0.3) is 22.3 Å². The Morgan fingerprint density at radius 1 is 1.12 bits per heavy atom. The number of rotatable bonds is 10. The van der Waals surface area contributed by atoms with Gasteiger partial charge in [-0.2, -0.15) is 0 Å². The number of carbonyl (C=O) groups excluding carboxylic acids is 2. The van der Waals surface area contributed by atoms with E-state index in [1.807, 2.05) is 15.5 Å². The molecule has 2 aliphatic heterocycles. The number of halogens is 1. The van der Waals surface area contributed by atoms with Gasteiger partial charge < -0.3 is 24.8 Å². The fraction of sp³-hybridized carbons (Fsp3) is 0.525. The van der Waals surface area contributed by atoms with Crippen molar-refractivity contribution in [3.05, 3.63) is 60.4 Å². The molecule has 2 saturated heterocycles. The van der Waals surface area contributed by atoms with Gasteiger partial charge in [-0.05, 0) is 99.8 Å². The summed E-state index contributed by atoms with van der Waals surface area (Å²) in [7, 11) is 0. The van der Waals surface area contributed by atoms with Gasteiger partial charge in [0.2, 0.25) is 12.3 Å². The minimum Gasteiger partial charge on any atom is -0.387 e. The Balaban J connectivity index is 1.17. The van der Waals surface area contributed by atoms with Crippen molar-refractivity contribution < 1.29 is 19.1 Å². The third-order valence-electron chi connectivity index (χ3n) is 12.5. The number of aliphatic hydroxyl groups is 1. The number of nitrogens with zero attached hydrogens (tertiary/aromatic N) is 7. The third-order valence-corrected chi connectivity index (χ3v) is 12.5. The van der Waals surface area contributed by atoms with Crippen molar-refractivity contribution in [3.63, 3.8) is 0 Å². The first-order valence-electron chi connectivity index (χ1n) is 18.9. The number of fused-ring (bicyclic) bond motifs is 3. The molecule has 2 N–H and O–H groups in total. The Hall–Kier alpha value is -4.42. The van der Waals surface area contributed by atoms with E-state index in [1.165, 1.54) is 44.7 Å². The van der Waals surface area contributed by atoms with Crippen molar-refractivity contribution in [1.29, 1.82) is 0 Å². The summed E-state index contributed by atoms with van der Waals surface area (Å²) in [6, 6.07) is 10.5. The minimum absolute atomic E-state index is 0.0832. The van der Waals surface area contributed by atoms with Gasteiger partial charge in [0, 0.05) is 61.8 Å². The Kier molecular flexibility index (Phi) is 9.23. The summed E-state index contributed by atoms with van der Waals surface area (Å²) in [6.07, 6.45) is 12.9. The van der Waals surface area contributed by atoms with Crippen molar-refractivity contribution in [2.45, 2.75) is 89.3 Å². The number of amides is 2. The molecule has 12 heteroatoms. The van der Waals surface area contributed by atoms with E-state index in [1.54, 1.807) is 17.3 Å². The van der Waals surface area contributed by atoms with Gasteiger partial charge >= 0.3 is 0 Å². The molecule has 2 bridgehead atoms. The normalized spacial score (nSPS) is 24.2. The molecule has 52 heavy (non-hydrogen) atoms. The lowest BCUT2D eigenvalue weighted by molar-refractivity contribution is -0.135. The van der Waals surface area contributed by atoms with E-state index in [4.69, 9.17) is 9.97 Å². The standard InChI is InChI=1S/C40H49FN8O3/c1-25(2)48-23-43-35-18-34(45-39(38(35)48)44-33-8-11-42-19-32(33)41)28-6-7-31(40(3)9-12-46(13-10-40)37(52)22-50)36(15-28)49(24-51)30-16-29(17-30)47-20-26-4-5-27(14-26)21-47/h6-8,11,15,18-19,23-27,29-30,50H,4-5,9-10,12-14,16-17,20-22H2,1-3H3,(H,42,44,45)/t26?,27?,29-,30+. The highest BCUT2D eigenvalue weighted by Crippen LogP contribution is 2.46. The number of carbonyl (C=O) groups is 2. The first kappa shape index (κ1) is 34.7. The van der Waals surface area contributed by atoms with Crippen LogP contribution in [0, 0.1) is 17.7 Å². The molecule has 0 radical (unpaired) electrons. The summed E-state index contributed by atoms with van der Waals surface area (Å²) in [4.78, 5) is 45.6. The van der Waals surface area contributed by atoms with E-state index in [0.29, 0.717) is 43.5 Å². The van der Waals surface area contributed by atoms with E-state index < -0.39 is 12.4 Å². The number of likely N-dealkylation sites (tertiary alicyclic amines) is 2. The van der Waals surface area contributed by atoms with Gasteiger partial charge in [0.25, 0.3) is 0 Å². The van der Waals surface area contributed by atoms with Crippen molar-refractivity contribution in [3.8, 4) is 11.3 Å². The Morgan fingerprint density at radius 2 is 1.87 bits per heavy atom. The van der Waals surface area contributed by atoms with Gasteiger partial charge in [-0.1, -0.05) is 19.1 Å². The highest BCUT2D eigenvalue weighted by molar-refractivity contribution is 5.92. The van der Waals surface area contributed by atoms with E-state index in [9.17, 15) is 19.1 Å². The largest absolute Gasteiger partial charge is 0.387 e. The molecule has 2 amide bonds. The molecule has 274 valence electrons. The summed E-state index contributed by atoms with van der Waals surface area (Å²) in [5.74, 6) is 1.38. The van der Waals surface area contributed by atoms with Gasteiger partial charge in [0.05, 0.1) is 29.4 Å². The Bertz CT molecular complexity index is 1960. The van der Waals surface area contributed by atoms with Crippen LogP contribution in [0.15, 0.2) is 49.1 Å². The van der Waals surface area contributed by atoms with Crippen LogP contribution in [0.1, 0.15) is 77.3 Å². The lowest BCUT2D eigenvalue weighted by Crippen LogP contribution is -2.56. The molecule has 5 heterocycles. The van der Waals surface area contributed by atoms with Crippen LogP contribution in [-0.4, -0.2) is 91.6 Å². The second kappa shape index (κ2) is 13.9. The number of benzene rings is 1. The molecule has 11 nitrogen and oxygen atoms in total. The molecule has 2 unspecified atom stereocenters. The average Bonchev–Trinajstić information content (AvgIpc) is 3.72. The summed E-state index contributed by atoms with van der Waals surface area (Å²) in [6.45, 7) is 9.29. The molecule has 4 aromatic rings. The summed E-state index contributed by atoms with van der Waals surface area (Å²) < 4.78 is 16.9. The highest BCUT2D eigenvalue weighted by atomic mass is 19.1. The van der Waals surface area contributed by atoms with Crippen LogP contribution in [0.2, 0.25) is 0 Å². The maximum atomic E-state index is 14.9. The van der Waals surface area contributed by atoms with Crippen LogP contribution in [0.5, 0.6) is 0 Å². The molecule has 1 aromatic carbocycles. The predicted octanol–water partition coefficient (Wildman–Crippen LogP) is 6.06. The maximum Gasteiger partial charge on any atom is 0.248 e. The third kappa shape index (κ3) is 6.33. The van der Waals surface area contributed by atoms with Crippen LogP contribution < -0.4 is 10.2 Å². The van der Waals surface area contributed by atoms with Gasteiger partial charge in [-0.3, -0.25) is 19.5 Å². The van der Waals surface area contributed by atoms with Gasteiger partial charge in [-0.25, -0.2) is 14.4 Å². The predicted molar refractivity (Wildman–Crippen MR) is 199 cm³/mol. The van der Waals surface area contributed by atoms with E-state index in [0.717, 1.165) is 58.9 Å². The fourth-order valence-corrected chi connectivity index (χ4v) is 9.29. The number of aliphatic hydroxyl groups excluding tert-OH is 1. The van der Waals surface area contributed by atoms with Crippen molar-refractivity contribution >= 4 is 40.5 Å². The Morgan fingerprint density at radius 3 is 2.54 bits per heavy atom. The second-order valence-electron chi connectivity index (χ2n) is 16.1. The number of nitrogens with one attached hydrogen (secondary N) is 1. The fourth-order valence-electron chi connectivity index (χ4n) is 9.29. The zero-order valence-corrected chi connectivity index (χ0v) is 30.3. The van der Waals surface area contributed by atoms with E-state index in [-0.39, 0.29) is 29.1 Å². The molecular formula is C40H49FN8O3. The first-order chi connectivity index (χ1) is 25.1. The molecule has 0 spiro atoms. The molecule has 2 atom stereocenters. The van der Waals surface area contributed by atoms with Gasteiger partial charge in [0.15, 0.2) is 11.6 Å². The zero-order chi connectivity index (χ0) is 36.1. The lowest BCUT2D eigenvalue weighted by Gasteiger charge is -2.49. The Labute approximate surface area is 304 Å². The summed E-state index contributed by atoms with van der Waals surface area (Å²) in [5.41, 5.74) is 4.87. The molecule has 2 saturated carbocycles. The SMILES string of the molecule is CC(C)n1cnc2cc(-c3ccc(C4(C)CCN(C(=O)CO)CC4)c(N(C=O)[C@H]4C[C@@H](N5CC6CCC(C6)C5)C4)c3)nc(Nc3ccncc3F)c21. The molecule has 2 aliphatic carbocycles. The van der Waals surface area contributed by atoms with Crippen molar-refractivity contribution in [2.75, 3.05) is 43.0 Å². The van der Waals surface area contributed by atoms with Crippen LogP contribution in [-0.2, 0) is 15.0 Å². The number of imidazole rings is 1. The van der Waals surface area contributed by atoms with E-state index in [2.05, 4.69) is 54.2 Å². The summed E-state index contributed by atoms with van der Waals surface area (Å²) in [5, 5.41) is 12.7. The zero-order valence-electron chi connectivity index (χ0n) is 30.3. The monoisotopic (exact) mass is 708 g/mol.